The summed E-state index contributed by atoms with van der Waals surface area (Å²) in [4.78, 5) is 0. The summed E-state index contributed by atoms with van der Waals surface area (Å²) >= 11 is 0. The zero-order valence-corrected chi connectivity index (χ0v) is 7.80. The Labute approximate surface area is 73.5 Å². The van der Waals surface area contributed by atoms with Gasteiger partial charge in [0.25, 0.3) is 0 Å². The summed E-state index contributed by atoms with van der Waals surface area (Å²) in [5.74, 6) is 0.792. The largest absolute Gasteiger partial charge is 0.404 e. The van der Waals surface area contributed by atoms with Gasteiger partial charge < -0.3 is 16.8 Å². The molecule has 0 amide bonds. The van der Waals surface area contributed by atoms with Crippen molar-refractivity contribution in [2.75, 3.05) is 7.05 Å². The summed E-state index contributed by atoms with van der Waals surface area (Å²) in [5, 5.41) is 1.88. The first-order chi connectivity index (χ1) is 5.62. The van der Waals surface area contributed by atoms with E-state index >= 15 is 0 Å². The zero-order valence-electron chi connectivity index (χ0n) is 7.80. The van der Waals surface area contributed by atoms with Crippen molar-refractivity contribution in [2.24, 2.45) is 16.9 Å². The molecule has 0 aliphatic heterocycles. The Morgan fingerprint density at radius 3 is 2.42 bits per heavy atom. The molecule has 0 bridgehead atoms. The third kappa shape index (κ3) is 1.80. The zero-order chi connectivity index (χ0) is 9.19. The molecule has 0 radical (unpaired) electrons. The number of nitrogens with two attached hydrogens (primary N) is 3. The third-order valence-corrected chi connectivity index (χ3v) is 2.53. The second-order valence-corrected chi connectivity index (χ2v) is 3.62. The molecule has 3 nitrogen and oxygen atoms in total. The van der Waals surface area contributed by atoms with Crippen LogP contribution in [0.15, 0.2) is 23.7 Å². The number of hydrogen-bond donors (Lipinski definition) is 3. The van der Waals surface area contributed by atoms with Gasteiger partial charge in [-0.1, -0.05) is 6.92 Å². The highest BCUT2D eigenvalue weighted by Crippen LogP contribution is 2.51. The first-order valence-corrected chi connectivity index (χ1v) is 4.31. The first-order valence-electron chi connectivity index (χ1n) is 4.31. The van der Waals surface area contributed by atoms with Gasteiger partial charge in [-0.15, -0.1) is 0 Å². The molecule has 0 aromatic rings. The Morgan fingerprint density at radius 2 is 2.08 bits per heavy atom. The topological polar surface area (TPSA) is 68.6 Å². The molecular formula is C9H18N3+. The van der Waals surface area contributed by atoms with Crippen molar-refractivity contribution < 1.29 is 5.32 Å². The molecule has 1 saturated carbocycles. The lowest BCUT2D eigenvalue weighted by Crippen LogP contribution is -2.79. The first kappa shape index (κ1) is 9.13. The number of hydrogen-bond acceptors (Lipinski definition) is 2. The van der Waals surface area contributed by atoms with E-state index < -0.39 is 0 Å². The normalized spacial score (nSPS) is 22.5. The fourth-order valence-corrected chi connectivity index (χ4v) is 1.16. The molecule has 0 atom stereocenters. The van der Waals surface area contributed by atoms with Gasteiger partial charge in [0.1, 0.15) is 0 Å². The molecule has 1 aliphatic rings. The van der Waals surface area contributed by atoms with Crippen LogP contribution in [0, 0.1) is 5.41 Å². The van der Waals surface area contributed by atoms with Crippen LogP contribution in [0.5, 0.6) is 0 Å². The average molecular weight is 168 g/mol. The Bertz CT molecular complexity index is 224. The summed E-state index contributed by atoms with van der Waals surface area (Å²) in [6, 6.07) is 0. The van der Waals surface area contributed by atoms with Crippen molar-refractivity contribution in [1.29, 1.82) is 0 Å². The van der Waals surface area contributed by atoms with Crippen LogP contribution in [0.2, 0.25) is 0 Å². The molecule has 0 aromatic heterocycles. The molecule has 68 valence electrons. The Balaban J connectivity index is 2.71. The predicted molar refractivity (Wildman–Crippen MR) is 49.7 cm³/mol. The van der Waals surface area contributed by atoms with E-state index in [1.807, 2.05) is 18.4 Å². The average Bonchev–Trinajstić information content (AvgIpc) is 2.79. The van der Waals surface area contributed by atoms with Gasteiger partial charge >= 0.3 is 0 Å². The third-order valence-electron chi connectivity index (χ3n) is 2.53. The van der Waals surface area contributed by atoms with Gasteiger partial charge in [0, 0.05) is 6.08 Å². The van der Waals surface area contributed by atoms with E-state index in [-0.39, 0.29) is 0 Å². The minimum atomic E-state index is 0.308. The van der Waals surface area contributed by atoms with E-state index in [9.17, 15) is 0 Å². The van der Waals surface area contributed by atoms with E-state index in [0.717, 1.165) is 11.4 Å². The van der Waals surface area contributed by atoms with Crippen molar-refractivity contribution in [3.63, 3.8) is 0 Å². The molecule has 0 saturated heterocycles. The molecule has 6 N–H and O–H groups in total. The van der Waals surface area contributed by atoms with Crippen molar-refractivity contribution in [2.45, 2.75) is 19.8 Å². The van der Waals surface area contributed by atoms with Gasteiger partial charge in [-0.3, -0.25) is 0 Å². The van der Waals surface area contributed by atoms with Crippen molar-refractivity contribution in [1.82, 2.24) is 0 Å². The molecule has 3 heteroatoms. The molecule has 0 spiro atoms. The van der Waals surface area contributed by atoms with Crippen LogP contribution in [0.3, 0.4) is 0 Å². The highest BCUT2D eigenvalue weighted by Gasteiger charge is 2.40. The highest BCUT2D eigenvalue weighted by molar-refractivity contribution is 5.30. The summed E-state index contributed by atoms with van der Waals surface area (Å²) < 4.78 is 0. The second-order valence-electron chi connectivity index (χ2n) is 3.62. The standard InChI is InChI=1S/C9H17N3/c1-9(3-4-9)7(6-10)5-8(11)12-2/h5-6,12H,3-4,10-11H2,1-2H3/p+1. The van der Waals surface area contributed by atoms with E-state index in [1.54, 1.807) is 6.20 Å². The van der Waals surface area contributed by atoms with Crippen molar-refractivity contribution in [3.05, 3.63) is 23.7 Å². The van der Waals surface area contributed by atoms with E-state index in [4.69, 9.17) is 11.5 Å². The van der Waals surface area contributed by atoms with Gasteiger partial charge in [0.15, 0.2) is 5.82 Å². The summed E-state index contributed by atoms with van der Waals surface area (Å²) in [6.07, 6.45) is 6.09. The Hall–Kier alpha value is -0.960. The Kier molecular flexibility index (Phi) is 2.43. The van der Waals surface area contributed by atoms with Crippen LogP contribution >= 0.6 is 0 Å². The SMILES string of the molecule is C[NH2+]C(N)=CC(=CN)C1(C)CC1. The quantitative estimate of drug-likeness (QED) is 0.503. The molecular weight excluding hydrogens is 150 g/mol. The Morgan fingerprint density at radius 1 is 1.50 bits per heavy atom. The van der Waals surface area contributed by atoms with Gasteiger partial charge in [0.2, 0.25) is 0 Å². The van der Waals surface area contributed by atoms with Gasteiger partial charge in [-0.25, -0.2) is 0 Å². The van der Waals surface area contributed by atoms with E-state index in [1.165, 1.54) is 12.8 Å². The molecule has 1 rings (SSSR count). The maximum atomic E-state index is 5.68. The van der Waals surface area contributed by atoms with Crippen LogP contribution < -0.4 is 16.8 Å². The van der Waals surface area contributed by atoms with Gasteiger partial charge in [-0.05, 0) is 30.0 Å². The van der Waals surface area contributed by atoms with E-state index in [0.29, 0.717) is 5.41 Å². The molecule has 0 heterocycles. The van der Waals surface area contributed by atoms with Gasteiger partial charge in [0.05, 0.1) is 7.05 Å². The van der Waals surface area contributed by atoms with Crippen LogP contribution in [0.4, 0.5) is 0 Å². The minimum Gasteiger partial charge on any atom is -0.404 e. The van der Waals surface area contributed by atoms with Crippen LogP contribution in [-0.2, 0) is 0 Å². The van der Waals surface area contributed by atoms with Crippen molar-refractivity contribution in [3.8, 4) is 0 Å². The van der Waals surface area contributed by atoms with Gasteiger partial charge in [-0.2, -0.15) is 0 Å². The smallest absolute Gasteiger partial charge is 0.195 e. The molecule has 0 aromatic carbocycles. The van der Waals surface area contributed by atoms with Crippen LogP contribution in [0.1, 0.15) is 19.8 Å². The second kappa shape index (κ2) is 3.19. The summed E-state index contributed by atoms with van der Waals surface area (Å²) in [7, 11) is 1.93. The maximum absolute atomic E-state index is 5.68. The van der Waals surface area contributed by atoms with Crippen LogP contribution in [0.25, 0.3) is 0 Å². The fraction of sp³-hybridized carbons (Fsp3) is 0.556. The fourth-order valence-electron chi connectivity index (χ4n) is 1.16. The van der Waals surface area contributed by atoms with Crippen molar-refractivity contribution >= 4 is 0 Å². The van der Waals surface area contributed by atoms with E-state index in [2.05, 4.69) is 6.92 Å². The monoisotopic (exact) mass is 168 g/mol. The molecule has 1 fully saturated rings. The number of allylic oxidation sites excluding steroid dienone is 2. The lowest BCUT2D eigenvalue weighted by atomic mass is 9.99. The summed E-state index contributed by atoms with van der Waals surface area (Å²) in [5.41, 5.74) is 12.7. The lowest BCUT2D eigenvalue weighted by Gasteiger charge is -2.08. The highest BCUT2D eigenvalue weighted by atomic mass is 14.9. The maximum Gasteiger partial charge on any atom is 0.195 e. The van der Waals surface area contributed by atoms with Crippen LogP contribution in [-0.4, -0.2) is 7.05 Å². The molecule has 0 unspecified atom stereocenters. The predicted octanol–water partition coefficient (Wildman–Crippen LogP) is -0.378. The lowest BCUT2D eigenvalue weighted by molar-refractivity contribution is -0.577. The molecule has 12 heavy (non-hydrogen) atoms. The minimum absolute atomic E-state index is 0.308. The molecule has 1 aliphatic carbocycles. The number of quaternary nitrogens is 1. The summed E-state index contributed by atoms with van der Waals surface area (Å²) in [6.45, 7) is 2.21. The number of rotatable bonds is 3.